The Labute approximate surface area is 175 Å². The van der Waals surface area contributed by atoms with Crippen molar-refractivity contribution in [2.75, 3.05) is 22.7 Å². The van der Waals surface area contributed by atoms with Crippen molar-refractivity contribution in [2.24, 2.45) is 7.05 Å². The fraction of sp³-hybridized carbons (Fsp3) is 0.174. The van der Waals surface area contributed by atoms with Gasteiger partial charge in [-0.3, -0.25) is 4.72 Å². The molecule has 0 atom stereocenters. The van der Waals surface area contributed by atoms with Crippen molar-refractivity contribution in [1.82, 2.24) is 9.55 Å². The molecule has 0 bridgehead atoms. The van der Waals surface area contributed by atoms with Crippen LogP contribution in [0, 0.1) is 0 Å². The molecule has 7 heteroatoms. The van der Waals surface area contributed by atoms with Crippen LogP contribution in [0.2, 0.25) is 0 Å². The van der Waals surface area contributed by atoms with E-state index in [9.17, 15) is 8.42 Å². The third kappa shape index (κ3) is 3.21. The number of aromatic nitrogens is 2. The highest BCUT2D eigenvalue weighted by atomic mass is 32.2. The second kappa shape index (κ2) is 7.18. The normalized spacial score (nSPS) is 14.0. The van der Waals surface area contributed by atoms with Crippen LogP contribution in [0.25, 0.3) is 22.2 Å². The molecule has 1 N–H and O–H groups in total. The van der Waals surface area contributed by atoms with Gasteiger partial charge in [-0.05, 0) is 42.3 Å². The Morgan fingerprint density at radius 3 is 2.53 bits per heavy atom. The lowest BCUT2D eigenvalue weighted by molar-refractivity contribution is 0.601. The second-order valence-electron chi connectivity index (χ2n) is 7.52. The third-order valence-corrected chi connectivity index (χ3v) is 6.91. The SMILES string of the molecule is Cn1cc(-c2cccc(N3CCC3)c2)c2c(NS(=O)(=O)c3ccccc3)ccnc21. The molecule has 1 fully saturated rings. The van der Waals surface area contributed by atoms with Crippen LogP contribution in [0.5, 0.6) is 0 Å². The van der Waals surface area contributed by atoms with Crippen LogP contribution in [-0.2, 0) is 17.1 Å². The minimum absolute atomic E-state index is 0.229. The van der Waals surface area contributed by atoms with Gasteiger partial charge in [0.05, 0.1) is 16.0 Å². The first kappa shape index (κ1) is 18.7. The number of hydrogen-bond donors (Lipinski definition) is 1. The molecule has 0 saturated carbocycles. The quantitative estimate of drug-likeness (QED) is 0.526. The maximum atomic E-state index is 12.9. The number of nitrogens with zero attached hydrogens (tertiary/aromatic N) is 3. The van der Waals surface area contributed by atoms with Crippen LogP contribution in [0.4, 0.5) is 11.4 Å². The summed E-state index contributed by atoms with van der Waals surface area (Å²) in [5, 5.41) is 0.792. The number of pyridine rings is 1. The lowest BCUT2D eigenvalue weighted by Gasteiger charge is -2.33. The molecule has 1 aliphatic heterocycles. The Morgan fingerprint density at radius 2 is 1.80 bits per heavy atom. The Morgan fingerprint density at radius 1 is 1.00 bits per heavy atom. The van der Waals surface area contributed by atoms with Crippen molar-refractivity contribution in [3.8, 4) is 11.1 Å². The molecule has 1 saturated heterocycles. The predicted octanol–water partition coefficient (Wildman–Crippen LogP) is 4.25. The van der Waals surface area contributed by atoms with Crippen molar-refractivity contribution in [3.63, 3.8) is 0 Å². The molecular formula is C23H22N4O2S. The zero-order valence-electron chi connectivity index (χ0n) is 16.6. The molecule has 152 valence electrons. The largest absolute Gasteiger partial charge is 0.371 e. The Kier molecular flexibility index (Phi) is 4.47. The number of aryl methyl sites for hydroxylation is 1. The van der Waals surface area contributed by atoms with E-state index in [1.807, 2.05) is 23.9 Å². The number of hydrogen-bond acceptors (Lipinski definition) is 4. The molecule has 2 aromatic carbocycles. The third-order valence-electron chi connectivity index (χ3n) is 5.53. The zero-order chi connectivity index (χ0) is 20.7. The lowest BCUT2D eigenvalue weighted by atomic mass is 10.0. The number of rotatable bonds is 5. The molecule has 0 aliphatic carbocycles. The van der Waals surface area contributed by atoms with E-state index in [0.717, 1.165) is 35.2 Å². The summed E-state index contributed by atoms with van der Waals surface area (Å²) in [5.41, 5.74) is 4.43. The molecule has 0 unspecified atom stereocenters. The fourth-order valence-electron chi connectivity index (χ4n) is 3.85. The number of anilines is 2. The molecule has 0 amide bonds. The van der Waals surface area contributed by atoms with Crippen molar-refractivity contribution < 1.29 is 8.42 Å². The summed E-state index contributed by atoms with van der Waals surface area (Å²) in [6.07, 6.45) is 4.85. The first-order chi connectivity index (χ1) is 14.5. The number of benzene rings is 2. The molecule has 5 rings (SSSR count). The topological polar surface area (TPSA) is 67.2 Å². The maximum absolute atomic E-state index is 12.9. The summed E-state index contributed by atoms with van der Waals surface area (Å²) < 4.78 is 30.6. The number of nitrogens with one attached hydrogen (secondary N) is 1. The lowest BCUT2D eigenvalue weighted by Crippen LogP contribution is -2.36. The summed E-state index contributed by atoms with van der Waals surface area (Å²) in [5.74, 6) is 0. The summed E-state index contributed by atoms with van der Waals surface area (Å²) in [6, 6.07) is 18.5. The van der Waals surface area contributed by atoms with E-state index in [0.29, 0.717) is 5.69 Å². The summed E-state index contributed by atoms with van der Waals surface area (Å²) in [7, 11) is -1.78. The van der Waals surface area contributed by atoms with E-state index in [-0.39, 0.29) is 4.90 Å². The molecular weight excluding hydrogens is 396 g/mol. The summed E-state index contributed by atoms with van der Waals surface area (Å²) in [6.45, 7) is 2.14. The van der Waals surface area contributed by atoms with Gasteiger partial charge >= 0.3 is 0 Å². The monoisotopic (exact) mass is 418 g/mol. The van der Waals surface area contributed by atoms with Gasteiger partial charge in [-0.25, -0.2) is 13.4 Å². The van der Waals surface area contributed by atoms with Gasteiger partial charge < -0.3 is 9.47 Å². The van der Waals surface area contributed by atoms with Gasteiger partial charge in [0.1, 0.15) is 5.65 Å². The second-order valence-corrected chi connectivity index (χ2v) is 9.20. The zero-order valence-corrected chi connectivity index (χ0v) is 17.4. The van der Waals surface area contributed by atoms with Gasteiger partial charge in [-0.1, -0.05) is 30.3 Å². The van der Waals surface area contributed by atoms with Crippen molar-refractivity contribution in [3.05, 3.63) is 73.1 Å². The molecule has 30 heavy (non-hydrogen) atoms. The average Bonchev–Trinajstić information content (AvgIpc) is 3.05. The summed E-state index contributed by atoms with van der Waals surface area (Å²) in [4.78, 5) is 7.06. The average molecular weight is 419 g/mol. The molecule has 6 nitrogen and oxygen atoms in total. The molecule has 1 aliphatic rings. The standard InChI is InChI=1S/C23H22N4O2S/c1-26-16-20(17-7-5-8-18(15-17)27-13-6-14-27)22-21(11-12-24-23(22)26)25-30(28,29)19-9-3-2-4-10-19/h2-5,7-12,15-16H,6,13-14H2,1H3,(H,24,25). The van der Waals surface area contributed by atoms with Crippen LogP contribution >= 0.6 is 0 Å². The van der Waals surface area contributed by atoms with Gasteiger partial charge in [0.2, 0.25) is 0 Å². The smallest absolute Gasteiger partial charge is 0.261 e. The molecule has 0 radical (unpaired) electrons. The van der Waals surface area contributed by atoms with Crippen LogP contribution in [0.15, 0.2) is 78.0 Å². The first-order valence-electron chi connectivity index (χ1n) is 9.90. The maximum Gasteiger partial charge on any atom is 0.261 e. The van der Waals surface area contributed by atoms with Crippen LogP contribution in [-0.4, -0.2) is 31.1 Å². The highest BCUT2D eigenvalue weighted by molar-refractivity contribution is 7.92. The van der Waals surface area contributed by atoms with Crippen LogP contribution in [0.1, 0.15) is 6.42 Å². The minimum atomic E-state index is -3.71. The van der Waals surface area contributed by atoms with Gasteiger partial charge in [-0.15, -0.1) is 0 Å². The van der Waals surface area contributed by atoms with Crippen LogP contribution < -0.4 is 9.62 Å². The predicted molar refractivity (Wildman–Crippen MR) is 120 cm³/mol. The minimum Gasteiger partial charge on any atom is -0.371 e. The van der Waals surface area contributed by atoms with E-state index in [1.165, 1.54) is 12.1 Å². The van der Waals surface area contributed by atoms with Crippen molar-refractivity contribution >= 4 is 32.4 Å². The van der Waals surface area contributed by atoms with Crippen molar-refractivity contribution in [1.29, 1.82) is 0 Å². The first-order valence-corrected chi connectivity index (χ1v) is 11.4. The number of sulfonamides is 1. The van der Waals surface area contributed by atoms with Gasteiger partial charge in [0.15, 0.2) is 0 Å². The molecule has 2 aromatic heterocycles. The Balaban J connectivity index is 1.63. The van der Waals surface area contributed by atoms with Gasteiger partial charge in [0.25, 0.3) is 10.0 Å². The molecule has 3 heterocycles. The van der Waals surface area contributed by atoms with Crippen LogP contribution in [0.3, 0.4) is 0 Å². The molecule has 0 spiro atoms. The van der Waals surface area contributed by atoms with E-state index in [2.05, 4.69) is 32.8 Å². The van der Waals surface area contributed by atoms with E-state index in [1.54, 1.807) is 42.6 Å². The van der Waals surface area contributed by atoms with Gasteiger partial charge in [-0.2, -0.15) is 0 Å². The summed E-state index contributed by atoms with van der Waals surface area (Å²) >= 11 is 0. The van der Waals surface area contributed by atoms with E-state index >= 15 is 0 Å². The van der Waals surface area contributed by atoms with Crippen molar-refractivity contribution in [2.45, 2.75) is 11.3 Å². The Hall–Kier alpha value is -3.32. The van der Waals surface area contributed by atoms with E-state index in [4.69, 9.17) is 0 Å². The fourth-order valence-corrected chi connectivity index (χ4v) is 4.95. The van der Waals surface area contributed by atoms with E-state index < -0.39 is 10.0 Å². The Bertz CT molecular complexity index is 1330. The highest BCUT2D eigenvalue weighted by Gasteiger charge is 2.20. The number of fused-ring (bicyclic) bond motifs is 1. The highest BCUT2D eigenvalue weighted by Crippen LogP contribution is 2.37. The molecule has 4 aromatic rings. The van der Waals surface area contributed by atoms with Gasteiger partial charge in [0, 0.05) is 43.8 Å².